The van der Waals surface area contributed by atoms with Crippen LogP contribution in [0.3, 0.4) is 0 Å². The van der Waals surface area contributed by atoms with Gasteiger partial charge in [-0.05, 0) is 54.3 Å². The Balaban J connectivity index is 0.00000420. The van der Waals surface area contributed by atoms with Crippen LogP contribution in [0.25, 0.3) is 0 Å². The number of guanidine groups is 1. The minimum atomic E-state index is -0.440. The first-order valence-electron chi connectivity index (χ1n) is 8.93. The van der Waals surface area contributed by atoms with Gasteiger partial charge < -0.3 is 20.1 Å². The largest absolute Gasteiger partial charge is 0.496 e. The van der Waals surface area contributed by atoms with E-state index in [4.69, 9.17) is 9.47 Å². The second-order valence-corrected chi connectivity index (χ2v) is 6.20. The van der Waals surface area contributed by atoms with E-state index in [1.165, 1.54) is 26.4 Å². The lowest BCUT2D eigenvalue weighted by atomic mass is 10.1. The summed E-state index contributed by atoms with van der Waals surface area (Å²) in [5.41, 5.74) is 3.34. The summed E-state index contributed by atoms with van der Waals surface area (Å²) in [6.07, 6.45) is 0.758. The van der Waals surface area contributed by atoms with Crippen LogP contribution in [0.2, 0.25) is 0 Å². The Bertz CT molecular complexity index is 859. The van der Waals surface area contributed by atoms with Gasteiger partial charge in [-0.3, -0.25) is 4.99 Å². The van der Waals surface area contributed by atoms with Gasteiger partial charge in [0.1, 0.15) is 17.1 Å². The molecule has 0 bridgehead atoms. The summed E-state index contributed by atoms with van der Waals surface area (Å²) in [4.78, 5) is 15.9. The van der Waals surface area contributed by atoms with E-state index in [0.29, 0.717) is 30.4 Å². The monoisotopic (exact) mass is 515 g/mol. The zero-order valence-corrected chi connectivity index (χ0v) is 19.4. The summed E-state index contributed by atoms with van der Waals surface area (Å²) >= 11 is 0. The Morgan fingerprint density at radius 3 is 2.52 bits per heavy atom. The van der Waals surface area contributed by atoms with Gasteiger partial charge >= 0.3 is 5.97 Å². The topological polar surface area (TPSA) is 72.0 Å². The Labute approximate surface area is 187 Å². The van der Waals surface area contributed by atoms with Gasteiger partial charge in [0.15, 0.2) is 5.96 Å². The molecule has 0 fully saturated rings. The molecule has 0 saturated carbocycles. The van der Waals surface area contributed by atoms with Crippen molar-refractivity contribution in [3.8, 4) is 5.75 Å². The van der Waals surface area contributed by atoms with Gasteiger partial charge in [-0.1, -0.05) is 12.1 Å². The molecule has 0 aliphatic carbocycles. The number of nitrogens with one attached hydrogen (secondary N) is 2. The fraction of sp³-hybridized carbons (Fsp3) is 0.333. The van der Waals surface area contributed by atoms with Crippen LogP contribution < -0.4 is 15.4 Å². The zero-order valence-electron chi connectivity index (χ0n) is 17.0. The van der Waals surface area contributed by atoms with Crippen molar-refractivity contribution in [3.63, 3.8) is 0 Å². The number of carbonyl (C=O) groups excluding carboxylic acids is 1. The molecular formula is C21H27FIN3O3. The van der Waals surface area contributed by atoms with Gasteiger partial charge in [-0.2, -0.15) is 0 Å². The van der Waals surface area contributed by atoms with Crippen LogP contribution in [0.1, 0.15) is 27.0 Å². The molecule has 0 unspecified atom stereocenters. The smallest absolute Gasteiger partial charge is 0.341 e. The molecular weight excluding hydrogens is 488 g/mol. The predicted octanol–water partition coefficient (Wildman–Crippen LogP) is 3.46. The van der Waals surface area contributed by atoms with Crippen molar-refractivity contribution in [3.05, 3.63) is 64.5 Å². The van der Waals surface area contributed by atoms with E-state index < -0.39 is 5.97 Å². The van der Waals surface area contributed by atoms with Crippen LogP contribution in [0.5, 0.6) is 5.75 Å². The Kier molecular flexibility index (Phi) is 10.4. The van der Waals surface area contributed by atoms with Crippen LogP contribution >= 0.6 is 24.0 Å². The quantitative estimate of drug-likeness (QED) is 0.256. The van der Waals surface area contributed by atoms with E-state index in [0.717, 1.165) is 23.1 Å². The predicted molar refractivity (Wildman–Crippen MR) is 123 cm³/mol. The number of carbonyl (C=O) groups is 1. The first-order chi connectivity index (χ1) is 13.5. The van der Waals surface area contributed by atoms with E-state index in [-0.39, 0.29) is 29.8 Å². The highest BCUT2D eigenvalue weighted by Gasteiger charge is 2.13. The number of aliphatic imine (C=N–C) groups is 1. The first-order valence-corrected chi connectivity index (χ1v) is 8.93. The Hall–Kier alpha value is -2.36. The number of benzene rings is 2. The van der Waals surface area contributed by atoms with Crippen molar-refractivity contribution in [2.75, 3.05) is 27.8 Å². The summed E-state index contributed by atoms with van der Waals surface area (Å²) < 4.78 is 23.2. The van der Waals surface area contributed by atoms with Gasteiger partial charge in [0.05, 0.1) is 14.2 Å². The molecule has 29 heavy (non-hydrogen) atoms. The van der Waals surface area contributed by atoms with Crippen molar-refractivity contribution in [1.82, 2.24) is 10.6 Å². The highest BCUT2D eigenvalue weighted by molar-refractivity contribution is 14.0. The highest BCUT2D eigenvalue weighted by Crippen LogP contribution is 2.21. The number of aryl methyl sites for hydroxylation is 1. The van der Waals surface area contributed by atoms with Gasteiger partial charge in [0.2, 0.25) is 0 Å². The van der Waals surface area contributed by atoms with Crippen molar-refractivity contribution < 1.29 is 18.7 Å². The molecule has 0 radical (unpaired) electrons. The highest BCUT2D eigenvalue weighted by atomic mass is 127. The molecule has 8 heteroatoms. The van der Waals surface area contributed by atoms with Gasteiger partial charge in [0, 0.05) is 20.1 Å². The standard InChI is InChI=1S/C21H26FN3O3.HI/c1-14-11-17(22)7-6-16(14)9-10-24-21(23-2)25-13-15-5-8-18(20(26)28-4)19(12-15)27-3;/h5-8,11-12H,9-10,13H2,1-4H3,(H2,23,24,25);1H. The van der Waals surface area contributed by atoms with E-state index in [9.17, 15) is 9.18 Å². The molecule has 6 nitrogen and oxygen atoms in total. The van der Waals surface area contributed by atoms with Crippen LogP contribution in [-0.2, 0) is 17.7 Å². The number of esters is 1. The molecule has 2 aromatic rings. The van der Waals surface area contributed by atoms with Gasteiger partial charge in [0.25, 0.3) is 0 Å². The Morgan fingerprint density at radius 1 is 1.14 bits per heavy atom. The summed E-state index contributed by atoms with van der Waals surface area (Å²) in [5.74, 6) is 0.446. The summed E-state index contributed by atoms with van der Waals surface area (Å²) in [6, 6.07) is 10.1. The van der Waals surface area contributed by atoms with Crippen molar-refractivity contribution in [1.29, 1.82) is 0 Å². The number of hydrogen-bond acceptors (Lipinski definition) is 4. The molecule has 158 valence electrons. The van der Waals surface area contributed by atoms with E-state index in [1.54, 1.807) is 25.2 Å². The minimum Gasteiger partial charge on any atom is -0.496 e. The van der Waals surface area contributed by atoms with Crippen molar-refractivity contribution in [2.24, 2.45) is 4.99 Å². The molecule has 2 N–H and O–H groups in total. The zero-order chi connectivity index (χ0) is 20.5. The fourth-order valence-electron chi connectivity index (χ4n) is 2.79. The van der Waals surface area contributed by atoms with E-state index >= 15 is 0 Å². The van der Waals surface area contributed by atoms with Crippen LogP contribution in [0.15, 0.2) is 41.4 Å². The van der Waals surface area contributed by atoms with E-state index in [1.807, 2.05) is 13.0 Å². The Morgan fingerprint density at radius 2 is 1.90 bits per heavy atom. The number of hydrogen-bond donors (Lipinski definition) is 2. The molecule has 0 atom stereocenters. The summed E-state index contributed by atoms with van der Waals surface area (Å²) in [6.45, 7) is 3.07. The fourth-order valence-corrected chi connectivity index (χ4v) is 2.79. The molecule has 0 aromatic heterocycles. The SMILES string of the molecule is CN=C(NCCc1ccc(F)cc1C)NCc1ccc(C(=O)OC)c(OC)c1.I. The lowest BCUT2D eigenvalue weighted by Gasteiger charge is -2.14. The molecule has 0 amide bonds. The summed E-state index contributed by atoms with van der Waals surface area (Å²) in [5, 5.41) is 6.45. The number of nitrogens with zero attached hydrogens (tertiary/aromatic N) is 1. The molecule has 2 rings (SSSR count). The number of ether oxygens (including phenoxy) is 2. The average Bonchev–Trinajstić information content (AvgIpc) is 2.71. The van der Waals surface area contributed by atoms with Crippen LogP contribution in [0, 0.1) is 12.7 Å². The van der Waals surface area contributed by atoms with Gasteiger partial charge in [-0.25, -0.2) is 9.18 Å². The number of halogens is 2. The second kappa shape index (κ2) is 12.3. The maximum Gasteiger partial charge on any atom is 0.341 e. The molecule has 0 heterocycles. The average molecular weight is 515 g/mol. The van der Waals surface area contributed by atoms with Crippen LogP contribution in [-0.4, -0.2) is 39.7 Å². The second-order valence-electron chi connectivity index (χ2n) is 6.20. The molecule has 0 aliphatic rings. The third kappa shape index (κ3) is 7.19. The first kappa shape index (κ1) is 24.7. The van der Waals surface area contributed by atoms with Crippen molar-refractivity contribution in [2.45, 2.75) is 19.9 Å². The summed E-state index contributed by atoms with van der Waals surface area (Å²) in [7, 11) is 4.54. The maximum atomic E-state index is 13.2. The maximum absolute atomic E-state index is 13.2. The van der Waals surface area contributed by atoms with Crippen molar-refractivity contribution >= 4 is 35.9 Å². The number of rotatable bonds is 7. The van der Waals surface area contributed by atoms with Crippen LogP contribution in [0.4, 0.5) is 4.39 Å². The molecule has 0 saturated heterocycles. The third-order valence-corrected chi connectivity index (χ3v) is 4.35. The lowest BCUT2D eigenvalue weighted by Crippen LogP contribution is -2.37. The molecule has 0 spiro atoms. The normalized spacial score (nSPS) is 10.7. The lowest BCUT2D eigenvalue weighted by molar-refractivity contribution is 0.0597. The van der Waals surface area contributed by atoms with Gasteiger partial charge in [-0.15, -0.1) is 24.0 Å². The molecule has 2 aromatic carbocycles. The minimum absolute atomic E-state index is 0. The third-order valence-electron chi connectivity index (χ3n) is 4.35. The van der Waals surface area contributed by atoms with E-state index in [2.05, 4.69) is 15.6 Å². The molecule has 0 aliphatic heterocycles. The number of methoxy groups -OCH3 is 2.